The van der Waals surface area contributed by atoms with Crippen molar-refractivity contribution < 1.29 is 24.0 Å². The first kappa shape index (κ1) is 25.9. The molecule has 0 aliphatic carbocycles. The number of nitrogens with zero attached hydrogens (tertiary/aromatic N) is 2. The van der Waals surface area contributed by atoms with Crippen LogP contribution in [0.25, 0.3) is 0 Å². The summed E-state index contributed by atoms with van der Waals surface area (Å²) in [5, 5.41) is 0. The first-order valence-electron chi connectivity index (χ1n) is 10.2. The van der Waals surface area contributed by atoms with Crippen molar-refractivity contribution in [2.45, 2.75) is 38.5 Å². The van der Waals surface area contributed by atoms with Gasteiger partial charge in [0.2, 0.25) is 0 Å². The summed E-state index contributed by atoms with van der Waals surface area (Å²) in [5.74, 6) is 0. The summed E-state index contributed by atoms with van der Waals surface area (Å²) >= 11 is 0. The predicted octanol–water partition coefficient (Wildman–Crippen LogP) is 8.08. The molecule has 34 heavy (non-hydrogen) atoms. The van der Waals surface area contributed by atoms with E-state index in [0.29, 0.717) is 0 Å². The van der Waals surface area contributed by atoms with Gasteiger partial charge in [0.05, 0.1) is 11.4 Å². The van der Waals surface area contributed by atoms with E-state index in [2.05, 4.69) is 8.73 Å². The quantitative estimate of drug-likeness (QED) is 0.248. The molecule has 10 heteroatoms. The Hall–Kier alpha value is -2.72. The largest absolute Gasteiger partial charge is 0.371 e. The number of rotatable bonds is 6. The van der Waals surface area contributed by atoms with Crippen LogP contribution in [0.1, 0.15) is 49.9 Å². The summed E-state index contributed by atoms with van der Waals surface area (Å²) in [4.78, 5) is 0. The van der Waals surface area contributed by atoms with Gasteiger partial charge >= 0.3 is 21.0 Å². The van der Waals surface area contributed by atoms with Crippen LogP contribution in [0.2, 0.25) is 0 Å². The second kappa shape index (κ2) is 9.14. The number of halogens is 4. The van der Waals surface area contributed by atoms with Crippen molar-refractivity contribution >= 4 is 32.4 Å². The molecule has 0 bridgehead atoms. The number of hydrogen-bond acceptors (Lipinski definition) is 4. The molecule has 0 heterocycles. The van der Waals surface area contributed by atoms with Gasteiger partial charge in [0.15, 0.2) is 0 Å². The van der Waals surface area contributed by atoms with Crippen molar-refractivity contribution in [2.75, 3.05) is 0 Å². The predicted molar refractivity (Wildman–Crippen MR) is 128 cm³/mol. The van der Waals surface area contributed by atoms with Gasteiger partial charge in [-0.1, -0.05) is 91.8 Å². The molecule has 0 N–H and O–H groups in total. The molecule has 0 saturated heterocycles. The van der Waals surface area contributed by atoms with E-state index >= 15 is 0 Å². The third-order valence-corrected chi connectivity index (χ3v) is 6.78. The Morgan fingerprint density at radius 1 is 0.500 bits per heavy atom. The molecule has 0 saturated carbocycles. The van der Waals surface area contributed by atoms with Gasteiger partial charge < -0.3 is 0 Å². The topological polar surface area (TPSA) is 58.9 Å². The Balaban J connectivity index is 1.87. The van der Waals surface area contributed by atoms with Crippen LogP contribution in [-0.2, 0) is 31.8 Å². The van der Waals surface area contributed by atoms with Crippen LogP contribution in [0.3, 0.4) is 0 Å². The zero-order valence-electron chi connectivity index (χ0n) is 19.0. The molecule has 3 aromatic rings. The SMILES string of the molecule is CC(C)(c1ccc(N=S(=O)(F)F)cc1)c1ccc(C(C)(C)c2ccc(N=S(=O)(F)F)cc2)cc1. The molecular formula is C24H24F4N2O2S2. The lowest BCUT2D eigenvalue weighted by molar-refractivity contribution is 0.586. The molecule has 0 atom stereocenters. The van der Waals surface area contributed by atoms with Gasteiger partial charge in [-0.2, -0.15) is 8.42 Å². The van der Waals surface area contributed by atoms with E-state index in [1.807, 2.05) is 52.0 Å². The van der Waals surface area contributed by atoms with Crippen LogP contribution in [0.5, 0.6) is 0 Å². The van der Waals surface area contributed by atoms with E-state index in [0.717, 1.165) is 22.3 Å². The van der Waals surface area contributed by atoms with Crippen molar-refractivity contribution in [1.82, 2.24) is 0 Å². The standard InChI is InChI=1S/C24H24F4N2O2S2/c1-23(2,19-9-13-21(14-10-19)29-33(25,26)31)17-5-7-18(8-6-17)24(3,4)20-11-15-22(16-12-20)30-34(27,28)32/h5-16H,1-4H3. The average molecular weight is 513 g/mol. The van der Waals surface area contributed by atoms with Crippen LogP contribution in [0.15, 0.2) is 81.5 Å². The van der Waals surface area contributed by atoms with Gasteiger partial charge in [-0.25, -0.2) is 0 Å². The molecule has 0 aliphatic rings. The normalized spacial score (nSPS) is 12.9. The summed E-state index contributed by atoms with van der Waals surface area (Å²) in [6, 6.07) is 20.3. The van der Waals surface area contributed by atoms with Crippen LogP contribution in [-0.4, -0.2) is 8.42 Å². The maximum Gasteiger partial charge on any atom is 0.371 e. The molecule has 0 amide bonds. The van der Waals surface area contributed by atoms with E-state index in [4.69, 9.17) is 0 Å². The summed E-state index contributed by atoms with van der Waals surface area (Å²) in [6.45, 7) is 8.01. The van der Waals surface area contributed by atoms with Crippen molar-refractivity contribution in [3.8, 4) is 0 Å². The molecular weight excluding hydrogens is 488 g/mol. The second-order valence-electron chi connectivity index (χ2n) is 8.90. The molecule has 0 aromatic heterocycles. The summed E-state index contributed by atoms with van der Waals surface area (Å²) in [6.07, 6.45) is 0. The molecule has 3 rings (SSSR count). The molecule has 3 aromatic carbocycles. The van der Waals surface area contributed by atoms with Gasteiger partial charge in [-0.3, -0.25) is 0 Å². The molecule has 0 spiro atoms. The Morgan fingerprint density at radius 3 is 0.912 bits per heavy atom. The van der Waals surface area contributed by atoms with E-state index in [1.165, 1.54) is 24.3 Å². The minimum absolute atomic E-state index is 0.0501. The van der Waals surface area contributed by atoms with E-state index in [1.54, 1.807) is 24.3 Å². The molecule has 0 unspecified atom stereocenters. The minimum atomic E-state index is -5.21. The fraction of sp³-hybridized carbons (Fsp3) is 0.250. The third-order valence-electron chi connectivity index (χ3n) is 5.93. The third kappa shape index (κ3) is 6.24. The Kier molecular flexibility index (Phi) is 6.96. The lowest BCUT2D eigenvalue weighted by Gasteiger charge is -2.29. The molecule has 182 valence electrons. The Bertz CT molecular complexity index is 1290. The van der Waals surface area contributed by atoms with Crippen molar-refractivity contribution in [1.29, 1.82) is 0 Å². The molecule has 4 nitrogen and oxygen atoms in total. The minimum Gasteiger partial charge on any atom is -0.180 e. The Labute approximate surface area is 198 Å². The van der Waals surface area contributed by atoms with Crippen LogP contribution in [0, 0.1) is 0 Å². The molecule has 0 aliphatic heterocycles. The Morgan fingerprint density at radius 2 is 0.706 bits per heavy atom. The maximum atomic E-state index is 12.7. The number of hydrogen-bond donors (Lipinski definition) is 0. The van der Waals surface area contributed by atoms with Crippen LogP contribution < -0.4 is 0 Å². The highest BCUT2D eigenvalue weighted by Crippen LogP contribution is 2.36. The van der Waals surface area contributed by atoms with E-state index in [-0.39, 0.29) is 11.4 Å². The molecule has 0 radical (unpaired) electrons. The summed E-state index contributed by atoms with van der Waals surface area (Å²) < 4.78 is 77.7. The van der Waals surface area contributed by atoms with E-state index < -0.39 is 31.8 Å². The lowest BCUT2D eigenvalue weighted by atomic mass is 9.74. The zero-order valence-corrected chi connectivity index (χ0v) is 20.6. The molecule has 0 fully saturated rings. The van der Waals surface area contributed by atoms with Crippen molar-refractivity contribution in [2.24, 2.45) is 8.73 Å². The maximum absolute atomic E-state index is 12.7. The number of benzene rings is 3. The first-order valence-corrected chi connectivity index (χ1v) is 12.9. The van der Waals surface area contributed by atoms with Gasteiger partial charge in [-0.15, -0.1) is 8.73 Å². The van der Waals surface area contributed by atoms with Crippen molar-refractivity contribution in [3.63, 3.8) is 0 Å². The fourth-order valence-corrected chi connectivity index (χ4v) is 4.49. The highest BCUT2D eigenvalue weighted by atomic mass is 32.3. The highest BCUT2D eigenvalue weighted by molar-refractivity contribution is 7.83. The average Bonchev–Trinajstić information content (AvgIpc) is 2.72. The van der Waals surface area contributed by atoms with E-state index in [9.17, 15) is 24.0 Å². The first-order chi connectivity index (χ1) is 15.6. The zero-order chi connectivity index (χ0) is 25.4. The smallest absolute Gasteiger partial charge is 0.180 e. The fourth-order valence-electron chi connectivity index (χ4n) is 3.76. The van der Waals surface area contributed by atoms with Crippen LogP contribution in [0.4, 0.5) is 26.9 Å². The van der Waals surface area contributed by atoms with Crippen molar-refractivity contribution in [3.05, 3.63) is 95.1 Å². The van der Waals surface area contributed by atoms with Gasteiger partial charge in [0, 0.05) is 10.8 Å². The van der Waals surface area contributed by atoms with Gasteiger partial charge in [0.25, 0.3) is 0 Å². The van der Waals surface area contributed by atoms with Gasteiger partial charge in [0.1, 0.15) is 0 Å². The highest BCUT2D eigenvalue weighted by Gasteiger charge is 2.26. The summed E-state index contributed by atoms with van der Waals surface area (Å²) in [5.41, 5.74) is 2.75. The monoisotopic (exact) mass is 512 g/mol. The van der Waals surface area contributed by atoms with Crippen LogP contribution >= 0.6 is 0 Å². The van der Waals surface area contributed by atoms with Gasteiger partial charge in [-0.05, 0) is 46.5 Å². The summed E-state index contributed by atoms with van der Waals surface area (Å²) in [7, 11) is -10.4. The lowest BCUT2D eigenvalue weighted by Crippen LogP contribution is -2.21. The second-order valence-corrected chi connectivity index (χ2v) is 10.8.